The molecule has 0 spiro atoms. The average molecular weight is 431 g/mol. The summed E-state index contributed by atoms with van der Waals surface area (Å²) in [6.07, 6.45) is 0. The second kappa shape index (κ2) is 8.03. The molecule has 0 atom stereocenters. The van der Waals surface area contributed by atoms with Crippen LogP contribution in [0, 0.1) is 0 Å². The van der Waals surface area contributed by atoms with Gasteiger partial charge in [0.15, 0.2) is 0 Å². The van der Waals surface area contributed by atoms with Gasteiger partial charge in [0.25, 0.3) is 0 Å². The van der Waals surface area contributed by atoms with Crippen molar-refractivity contribution in [2.24, 2.45) is 0 Å². The second-order valence-electron chi connectivity index (χ2n) is 7.65. The summed E-state index contributed by atoms with van der Waals surface area (Å²) in [6, 6.07) is 42.0. The van der Waals surface area contributed by atoms with Gasteiger partial charge in [0.1, 0.15) is 11.5 Å². The fourth-order valence-corrected chi connectivity index (χ4v) is 5.15. The zero-order valence-corrected chi connectivity index (χ0v) is 18.1. The van der Waals surface area contributed by atoms with Crippen LogP contribution < -0.4 is 9.93 Å². The maximum atomic E-state index is 6.43. The quantitative estimate of drug-likeness (QED) is 0.264. The van der Waals surface area contributed by atoms with E-state index in [1.165, 1.54) is 21.2 Å². The third kappa shape index (κ3) is 3.37. The van der Waals surface area contributed by atoms with E-state index in [-0.39, 0.29) is 0 Å². The third-order valence-electron chi connectivity index (χ3n) is 5.58. The lowest BCUT2D eigenvalue weighted by Crippen LogP contribution is -2.23. The largest absolute Gasteiger partial charge is 0.456 e. The number of fused-ring (bicyclic) bond motifs is 2. The Bertz CT molecular complexity index is 1380. The molecule has 152 valence electrons. The van der Waals surface area contributed by atoms with Gasteiger partial charge in [-0.25, -0.2) is 0 Å². The zero-order valence-electron chi connectivity index (χ0n) is 17.3. The van der Waals surface area contributed by atoms with Crippen LogP contribution in [0.5, 0.6) is 0 Å². The first kappa shape index (κ1) is 18.9. The van der Waals surface area contributed by atoms with Crippen LogP contribution in [0.1, 0.15) is 0 Å². The molecule has 1 aliphatic heterocycles. The zero-order chi connectivity index (χ0) is 21.3. The Kier molecular flexibility index (Phi) is 4.74. The molecular formula is C29H20NOS+. The number of rotatable bonds is 2. The lowest BCUT2D eigenvalue weighted by Gasteiger charge is -2.16. The molecular weight excluding hydrogens is 410 g/mol. The fraction of sp³-hybridized carbons (Fsp3) is 0. The summed E-state index contributed by atoms with van der Waals surface area (Å²) in [5, 5.41) is 1.08. The van der Waals surface area contributed by atoms with E-state index in [9.17, 15) is 0 Å². The molecule has 0 unspecified atom stereocenters. The van der Waals surface area contributed by atoms with Gasteiger partial charge in [0.2, 0.25) is 16.7 Å². The predicted octanol–water partition coefficient (Wildman–Crippen LogP) is 7.51. The molecule has 0 bridgehead atoms. The van der Waals surface area contributed by atoms with E-state index >= 15 is 0 Å². The Balaban J connectivity index is 1.73. The molecule has 1 aromatic heterocycles. The van der Waals surface area contributed by atoms with Gasteiger partial charge >= 0.3 is 0 Å². The number of nitrogens with zero attached hydrogens (tertiary/aromatic N) is 1. The molecule has 0 radical (unpaired) electrons. The van der Waals surface area contributed by atoms with Crippen LogP contribution in [0.2, 0.25) is 0 Å². The van der Waals surface area contributed by atoms with E-state index in [0.717, 1.165) is 28.0 Å². The first-order valence-corrected chi connectivity index (χ1v) is 11.4. The molecule has 2 heterocycles. The van der Waals surface area contributed by atoms with E-state index in [4.69, 9.17) is 4.42 Å². The molecule has 4 aromatic carbocycles. The summed E-state index contributed by atoms with van der Waals surface area (Å²) in [7, 11) is 0. The summed E-state index contributed by atoms with van der Waals surface area (Å²) >= 11 is 1.82. The molecule has 32 heavy (non-hydrogen) atoms. The molecule has 3 heteroatoms. The van der Waals surface area contributed by atoms with E-state index in [0.29, 0.717) is 0 Å². The van der Waals surface area contributed by atoms with Gasteiger partial charge in [-0.3, -0.25) is 0 Å². The monoisotopic (exact) mass is 430 g/mol. The Morgan fingerprint density at radius 3 is 1.44 bits per heavy atom. The van der Waals surface area contributed by atoms with Gasteiger partial charge in [-0.2, -0.15) is 4.58 Å². The van der Waals surface area contributed by atoms with Crippen molar-refractivity contribution in [3.63, 3.8) is 0 Å². The third-order valence-corrected chi connectivity index (χ3v) is 6.72. The van der Waals surface area contributed by atoms with Gasteiger partial charge in [-0.1, -0.05) is 96.7 Å². The van der Waals surface area contributed by atoms with E-state index in [1.807, 2.05) is 48.2 Å². The molecule has 0 aliphatic carbocycles. The highest BCUT2D eigenvalue weighted by molar-refractivity contribution is 7.99. The van der Waals surface area contributed by atoms with Crippen molar-refractivity contribution in [1.29, 1.82) is 0 Å². The van der Waals surface area contributed by atoms with Gasteiger partial charge in [-0.05, 0) is 12.1 Å². The minimum atomic E-state index is 0.843. The summed E-state index contributed by atoms with van der Waals surface area (Å²) in [4.78, 5) is 2.49. The van der Waals surface area contributed by atoms with Crippen molar-refractivity contribution in [2.45, 2.75) is 9.79 Å². The van der Waals surface area contributed by atoms with E-state index in [2.05, 4.69) is 89.5 Å². The Labute approximate surface area is 191 Å². The van der Waals surface area contributed by atoms with E-state index in [1.54, 1.807) is 0 Å². The standard InChI is InChI=1S/C29H20NOS/c1-3-11-21(12-4-1)26-19-23(20-27(31-26)22-13-5-2-6-14-22)30-24-15-7-9-17-28(24)32-29-18-10-8-16-25(29)30/h1-20H/q+1. The van der Waals surface area contributed by atoms with Crippen LogP contribution >= 0.6 is 11.8 Å². The van der Waals surface area contributed by atoms with Crippen molar-refractivity contribution >= 4 is 23.1 Å². The summed E-state index contributed by atoms with van der Waals surface area (Å²) < 4.78 is 8.77. The number of para-hydroxylation sites is 2. The predicted molar refractivity (Wildman–Crippen MR) is 131 cm³/mol. The number of hydrogen-bond acceptors (Lipinski definition) is 2. The van der Waals surface area contributed by atoms with Crippen LogP contribution in [0.25, 0.3) is 22.6 Å². The fourth-order valence-electron chi connectivity index (χ4n) is 4.09. The van der Waals surface area contributed by atoms with Gasteiger partial charge in [0.05, 0.1) is 21.9 Å². The van der Waals surface area contributed by atoms with Crippen molar-refractivity contribution in [1.82, 2.24) is 4.58 Å². The highest BCUT2D eigenvalue weighted by atomic mass is 32.2. The van der Waals surface area contributed by atoms with Crippen LogP contribution in [0.3, 0.4) is 0 Å². The number of hydrogen-bond donors (Lipinski definition) is 0. The maximum Gasteiger partial charge on any atom is 0.225 e. The SMILES string of the molecule is c1ccc(-c2cc(=[N+]3c4ccccc4Sc4ccccc43)cc(-c3ccccc3)o2)cc1. The Morgan fingerprint density at radius 1 is 0.500 bits per heavy atom. The van der Waals surface area contributed by atoms with Crippen LogP contribution in [-0.4, -0.2) is 0 Å². The normalized spacial score (nSPS) is 12.2. The number of benzene rings is 4. The summed E-state index contributed by atoms with van der Waals surface area (Å²) in [5.74, 6) is 1.69. The second-order valence-corrected chi connectivity index (χ2v) is 8.73. The van der Waals surface area contributed by atoms with Gasteiger partial charge in [-0.15, -0.1) is 0 Å². The highest BCUT2D eigenvalue weighted by Crippen LogP contribution is 2.45. The topological polar surface area (TPSA) is 16.1 Å². The Morgan fingerprint density at radius 2 is 0.938 bits per heavy atom. The lowest BCUT2D eigenvalue weighted by molar-refractivity contribution is 0.578. The maximum absolute atomic E-state index is 6.43. The van der Waals surface area contributed by atoms with Crippen molar-refractivity contribution in [3.8, 4) is 22.6 Å². The Hall–Kier alpha value is -3.82. The molecule has 0 fully saturated rings. The molecule has 6 rings (SSSR count). The van der Waals surface area contributed by atoms with Gasteiger partial charge < -0.3 is 4.42 Å². The van der Waals surface area contributed by atoms with Crippen LogP contribution in [-0.2, 0) is 0 Å². The molecule has 0 N–H and O–H groups in total. The van der Waals surface area contributed by atoms with Crippen LogP contribution in [0.4, 0.5) is 11.4 Å². The molecule has 0 saturated heterocycles. The van der Waals surface area contributed by atoms with Crippen molar-refractivity contribution < 1.29 is 4.42 Å². The molecule has 5 aromatic rings. The summed E-state index contributed by atoms with van der Waals surface area (Å²) in [5.41, 5.74) is 4.47. The average Bonchev–Trinajstić information content (AvgIpc) is 2.88. The smallest absolute Gasteiger partial charge is 0.225 e. The molecule has 0 amide bonds. The summed E-state index contributed by atoms with van der Waals surface area (Å²) in [6.45, 7) is 0. The molecule has 0 saturated carbocycles. The minimum Gasteiger partial charge on any atom is -0.456 e. The van der Waals surface area contributed by atoms with Crippen LogP contribution in [0.15, 0.2) is 136 Å². The molecule has 1 aliphatic rings. The van der Waals surface area contributed by atoms with Crippen molar-refractivity contribution in [3.05, 3.63) is 127 Å². The molecule has 2 nitrogen and oxygen atoms in total. The van der Waals surface area contributed by atoms with Gasteiger partial charge in [0, 0.05) is 23.3 Å². The minimum absolute atomic E-state index is 0.843. The first-order valence-electron chi connectivity index (χ1n) is 10.6. The highest BCUT2D eigenvalue weighted by Gasteiger charge is 2.29. The van der Waals surface area contributed by atoms with E-state index < -0.39 is 0 Å². The van der Waals surface area contributed by atoms with Crippen molar-refractivity contribution in [2.75, 3.05) is 0 Å². The lowest BCUT2D eigenvalue weighted by atomic mass is 10.1. The first-order chi connectivity index (χ1) is 15.9.